The molecule has 0 bridgehead atoms. The standard InChI is InChI=1S/C20H24N6O/c1-27-17-10-6-9-16(23-17)14-7-5-8-15(13-14)26-19(22)24-18(21)25-20(26)11-3-2-4-12-20/h5-10,13H,2-4,11-12H2,1H3,(H4,21,22,24,25). The molecule has 0 unspecified atom stereocenters. The van der Waals surface area contributed by atoms with Crippen LogP contribution in [0, 0.1) is 0 Å². The lowest BCUT2D eigenvalue weighted by Crippen LogP contribution is -2.58. The second-order valence-corrected chi connectivity index (χ2v) is 6.93. The van der Waals surface area contributed by atoms with Crippen molar-refractivity contribution in [2.24, 2.45) is 21.5 Å². The highest BCUT2D eigenvalue weighted by Crippen LogP contribution is 2.40. The van der Waals surface area contributed by atoms with Crippen molar-refractivity contribution in [3.05, 3.63) is 42.5 Å². The monoisotopic (exact) mass is 364 g/mol. The van der Waals surface area contributed by atoms with Crippen LogP contribution in [0.3, 0.4) is 0 Å². The predicted octanol–water partition coefficient (Wildman–Crippen LogP) is 2.87. The molecule has 2 aliphatic rings. The van der Waals surface area contributed by atoms with Gasteiger partial charge in [0.2, 0.25) is 17.8 Å². The molecule has 0 saturated heterocycles. The number of rotatable bonds is 3. The first-order valence-corrected chi connectivity index (χ1v) is 9.22. The fraction of sp³-hybridized carbons (Fsp3) is 0.350. The largest absolute Gasteiger partial charge is 0.481 e. The summed E-state index contributed by atoms with van der Waals surface area (Å²) in [6, 6.07) is 13.8. The fourth-order valence-electron chi connectivity index (χ4n) is 3.99. The number of methoxy groups -OCH3 is 1. The van der Waals surface area contributed by atoms with Crippen LogP contribution < -0.4 is 21.1 Å². The van der Waals surface area contributed by atoms with Crippen molar-refractivity contribution in [2.45, 2.75) is 37.8 Å². The SMILES string of the molecule is COc1cccc(-c2cccc(N3C(N)=NC(N)=NC34CCCCC4)c2)n1. The Bertz CT molecular complexity index is 901. The lowest BCUT2D eigenvalue weighted by Gasteiger charge is -2.45. The van der Waals surface area contributed by atoms with E-state index in [2.05, 4.69) is 16.0 Å². The highest BCUT2D eigenvalue weighted by Gasteiger charge is 2.42. The first kappa shape index (κ1) is 17.3. The van der Waals surface area contributed by atoms with Gasteiger partial charge in [0, 0.05) is 17.3 Å². The summed E-state index contributed by atoms with van der Waals surface area (Å²) in [7, 11) is 1.61. The lowest BCUT2D eigenvalue weighted by molar-refractivity contribution is 0.305. The number of hydrogen-bond donors (Lipinski definition) is 2. The third-order valence-electron chi connectivity index (χ3n) is 5.18. The summed E-state index contributed by atoms with van der Waals surface area (Å²) in [5, 5.41) is 0. The number of nitrogens with two attached hydrogens (primary N) is 2. The van der Waals surface area contributed by atoms with Crippen LogP contribution in [-0.4, -0.2) is 29.7 Å². The van der Waals surface area contributed by atoms with Gasteiger partial charge in [-0.2, -0.15) is 4.99 Å². The van der Waals surface area contributed by atoms with Gasteiger partial charge in [-0.3, -0.25) is 4.90 Å². The molecule has 1 fully saturated rings. The molecule has 1 aromatic heterocycles. The summed E-state index contributed by atoms with van der Waals surface area (Å²) >= 11 is 0. The molecule has 27 heavy (non-hydrogen) atoms. The van der Waals surface area contributed by atoms with Gasteiger partial charge < -0.3 is 16.2 Å². The van der Waals surface area contributed by atoms with Crippen LogP contribution in [0.1, 0.15) is 32.1 Å². The minimum absolute atomic E-state index is 0.260. The molecule has 4 N–H and O–H groups in total. The van der Waals surface area contributed by atoms with E-state index in [-0.39, 0.29) is 5.96 Å². The van der Waals surface area contributed by atoms with E-state index < -0.39 is 5.66 Å². The van der Waals surface area contributed by atoms with E-state index in [4.69, 9.17) is 21.2 Å². The van der Waals surface area contributed by atoms with E-state index >= 15 is 0 Å². The minimum atomic E-state index is -0.450. The van der Waals surface area contributed by atoms with Crippen LogP contribution in [0.15, 0.2) is 52.4 Å². The van der Waals surface area contributed by atoms with Crippen LogP contribution in [-0.2, 0) is 0 Å². The quantitative estimate of drug-likeness (QED) is 0.872. The van der Waals surface area contributed by atoms with Crippen LogP contribution in [0.4, 0.5) is 5.69 Å². The highest BCUT2D eigenvalue weighted by atomic mass is 16.5. The summed E-state index contributed by atoms with van der Waals surface area (Å²) < 4.78 is 5.25. The van der Waals surface area contributed by atoms with Gasteiger partial charge in [-0.05, 0) is 43.9 Å². The first-order valence-electron chi connectivity index (χ1n) is 9.22. The summed E-state index contributed by atoms with van der Waals surface area (Å²) in [4.78, 5) is 15.5. The average molecular weight is 364 g/mol. The Kier molecular flexibility index (Phi) is 4.43. The van der Waals surface area contributed by atoms with Crippen molar-refractivity contribution in [3.63, 3.8) is 0 Å². The maximum Gasteiger partial charge on any atom is 0.220 e. The number of benzene rings is 1. The molecule has 0 atom stereocenters. The molecule has 0 amide bonds. The molecule has 7 heteroatoms. The summed E-state index contributed by atoms with van der Waals surface area (Å²) in [6.45, 7) is 0. The Labute approximate surface area is 158 Å². The predicted molar refractivity (Wildman–Crippen MR) is 108 cm³/mol. The third kappa shape index (κ3) is 3.20. The molecule has 1 aromatic carbocycles. The second kappa shape index (κ2) is 6.90. The number of pyridine rings is 1. The van der Waals surface area contributed by atoms with Gasteiger partial charge in [-0.15, -0.1) is 0 Å². The Morgan fingerprint density at radius 3 is 2.59 bits per heavy atom. The van der Waals surface area contributed by atoms with Crippen LogP contribution in [0.2, 0.25) is 0 Å². The zero-order valence-electron chi connectivity index (χ0n) is 15.4. The normalized spacial score (nSPS) is 18.8. The van der Waals surface area contributed by atoms with Gasteiger partial charge in [-0.25, -0.2) is 9.98 Å². The molecule has 1 aliphatic heterocycles. The van der Waals surface area contributed by atoms with Gasteiger partial charge in [0.05, 0.1) is 12.8 Å². The van der Waals surface area contributed by atoms with E-state index in [9.17, 15) is 0 Å². The number of guanidine groups is 2. The Morgan fingerprint density at radius 2 is 1.81 bits per heavy atom. The molecule has 2 aromatic rings. The molecule has 1 spiro atoms. The molecule has 0 radical (unpaired) electrons. The molecule has 7 nitrogen and oxygen atoms in total. The van der Waals surface area contributed by atoms with E-state index in [0.717, 1.165) is 42.6 Å². The molecule has 1 saturated carbocycles. The number of aromatic nitrogens is 1. The topological polar surface area (TPSA) is 102 Å². The summed E-state index contributed by atoms with van der Waals surface area (Å²) in [5.41, 5.74) is 14.6. The number of ether oxygens (including phenoxy) is 1. The van der Waals surface area contributed by atoms with Crippen molar-refractivity contribution in [1.29, 1.82) is 0 Å². The molecule has 2 heterocycles. The molecule has 1 aliphatic carbocycles. The maximum atomic E-state index is 6.32. The number of nitrogens with zero attached hydrogens (tertiary/aromatic N) is 4. The Balaban J connectivity index is 1.76. The number of hydrogen-bond acceptors (Lipinski definition) is 7. The zero-order chi connectivity index (χ0) is 18.9. The Morgan fingerprint density at radius 1 is 1.04 bits per heavy atom. The summed E-state index contributed by atoms with van der Waals surface area (Å²) in [6.07, 6.45) is 5.21. The van der Waals surface area contributed by atoms with Gasteiger partial charge in [0.1, 0.15) is 5.66 Å². The fourth-order valence-corrected chi connectivity index (χ4v) is 3.99. The van der Waals surface area contributed by atoms with Crippen molar-refractivity contribution < 1.29 is 4.74 Å². The van der Waals surface area contributed by atoms with E-state index in [1.54, 1.807) is 7.11 Å². The molecular weight excluding hydrogens is 340 g/mol. The van der Waals surface area contributed by atoms with E-state index in [0.29, 0.717) is 11.8 Å². The number of aliphatic imine (C=N–C) groups is 2. The maximum absolute atomic E-state index is 6.32. The number of anilines is 1. The Hall–Kier alpha value is -3.09. The van der Waals surface area contributed by atoms with Gasteiger partial charge in [-0.1, -0.05) is 24.6 Å². The molecular formula is C20H24N6O. The van der Waals surface area contributed by atoms with E-state index in [1.165, 1.54) is 6.42 Å². The van der Waals surface area contributed by atoms with Crippen molar-refractivity contribution in [1.82, 2.24) is 4.98 Å². The van der Waals surface area contributed by atoms with Crippen molar-refractivity contribution >= 4 is 17.6 Å². The highest BCUT2D eigenvalue weighted by molar-refractivity contribution is 6.05. The molecule has 140 valence electrons. The first-order chi connectivity index (χ1) is 13.1. The van der Waals surface area contributed by atoms with E-state index in [1.807, 2.05) is 41.3 Å². The smallest absolute Gasteiger partial charge is 0.220 e. The van der Waals surface area contributed by atoms with Crippen LogP contribution in [0.25, 0.3) is 11.3 Å². The third-order valence-corrected chi connectivity index (χ3v) is 5.18. The van der Waals surface area contributed by atoms with Gasteiger partial charge in [0.15, 0.2) is 0 Å². The minimum Gasteiger partial charge on any atom is -0.481 e. The van der Waals surface area contributed by atoms with Crippen LogP contribution >= 0.6 is 0 Å². The second-order valence-electron chi connectivity index (χ2n) is 6.93. The molecule has 4 rings (SSSR count). The zero-order valence-corrected chi connectivity index (χ0v) is 15.4. The van der Waals surface area contributed by atoms with Gasteiger partial charge >= 0.3 is 0 Å². The summed E-state index contributed by atoms with van der Waals surface area (Å²) in [5.74, 6) is 1.23. The van der Waals surface area contributed by atoms with Gasteiger partial charge in [0.25, 0.3) is 0 Å². The lowest BCUT2D eigenvalue weighted by atomic mass is 9.87. The average Bonchev–Trinajstić information content (AvgIpc) is 2.68. The van der Waals surface area contributed by atoms with Crippen LogP contribution in [0.5, 0.6) is 5.88 Å². The van der Waals surface area contributed by atoms with Crippen molar-refractivity contribution in [2.75, 3.05) is 12.0 Å². The van der Waals surface area contributed by atoms with Crippen molar-refractivity contribution in [3.8, 4) is 17.1 Å².